The zero-order valence-electron chi connectivity index (χ0n) is 15.6. The van der Waals surface area contributed by atoms with E-state index < -0.39 is 0 Å². The maximum Gasteiger partial charge on any atom is 0.228 e. The molecule has 0 unspecified atom stereocenters. The van der Waals surface area contributed by atoms with E-state index in [1.165, 1.54) is 0 Å². The molecule has 2 heterocycles. The molecule has 0 saturated heterocycles. The molecule has 1 aliphatic heterocycles. The number of nitriles is 1. The van der Waals surface area contributed by atoms with Crippen molar-refractivity contribution in [2.75, 3.05) is 16.8 Å². The number of rotatable bonds is 4. The molecule has 0 spiro atoms. The summed E-state index contributed by atoms with van der Waals surface area (Å²) in [6.07, 6.45) is 2.73. The highest BCUT2D eigenvalue weighted by Crippen LogP contribution is 2.38. The molecule has 1 N–H and O–H groups in total. The minimum atomic E-state index is 0.0323. The molecule has 28 heavy (non-hydrogen) atoms. The second-order valence-corrected chi connectivity index (χ2v) is 7.36. The van der Waals surface area contributed by atoms with Crippen molar-refractivity contribution in [1.29, 1.82) is 5.26 Å². The van der Waals surface area contributed by atoms with Gasteiger partial charge in [-0.1, -0.05) is 12.1 Å². The number of carbonyl (C=O) groups is 1. The molecule has 3 aromatic rings. The number of fused-ring (bicyclic) bond motifs is 2. The van der Waals surface area contributed by atoms with E-state index in [4.69, 9.17) is 0 Å². The van der Waals surface area contributed by atoms with Gasteiger partial charge < -0.3 is 10.2 Å². The second-order valence-electron chi connectivity index (χ2n) is 7.36. The Bertz CT molecular complexity index is 1160. The van der Waals surface area contributed by atoms with Crippen LogP contribution in [-0.4, -0.2) is 28.7 Å². The first-order valence-corrected chi connectivity index (χ1v) is 9.58. The molecule has 1 amide bonds. The number of carbonyl (C=O) groups excluding carboxylic acids is 1. The fourth-order valence-electron chi connectivity index (χ4n) is 4.03. The number of benzene rings is 2. The van der Waals surface area contributed by atoms with Gasteiger partial charge in [-0.3, -0.25) is 4.79 Å². The Morgan fingerprint density at radius 2 is 1.96 bits per heavy atom. The highest BCUT2D eigenvalue weighted by molar-refractivity contribution is 6.00. The first-order valence-electron chi connectivity index (χ1n) is 9.58. The lowest BCUT2D eigenvalue weighted by Gasteiger charge is -2.24. The molecule has 6 heteroatoms. The summed E-state index contributed by atoms with van der Waals surface area (Å²) in [5.74, 6) is 0.0323. The molecular formula is C22H19N5O. The predicted octanol–water partition coefficient (Wildman–Crippen LogP) is 3.65. The summed E-state index contributed by atoms with van der Waals surface area (Å²) in [6, 6.07) is 14.8. The average molecular weight is 369 g/mol. The number of amides is 1. The van der Waals surface area contributed by atoms with E-state index in [1.807, 2.05) is 24.3 Å². The zero-order chi connectivity index (χ0) is 19.3. The van der Waals surface area contributed by atoms with Gasteiger partial charge in [0.05, 0.1) is 17.6 Å². The van der Waals surface area contributed by atoms with Gasteiger partial charge in [0.2, 0.25) is 5.91 Å². The van der Waals surface area contributed by atoms with E-state index in [9.17, 15) is 10.1 Å². The molecule has 1 aliphatic carbocycles. The first kappa shape index (κ1) is 16.7. The quantitative estimate of drug-likeness (QED) is 0.759. The monoisotopic (exact) mass is 369 g/mol. The van der Waals surface area contributed by atoms with Gasteiger partial charge in [-0.05, 0) is 60.7 Å². The van der Waals surface area contributed by atoms with Crippen LogP contribution in [0, 0.1) is 11.3 Å². The third kappa shape index (κ3) is 2.67. The lowest BCUT2D eigenvalue weighted by Crippen LogP contribution is -2.26. The smallest absolute Gasteiger partial charge is 0.228 e. The van der Waals surface area contributed by atoms with Crippen molar-refractivity contribution in [2.24, 2.45) is 0 Å². The second kappa shape index (κ2) is 6.31. The highest BCUT2D eigenvalue weighted by atomic mass is 16.1. The lowest BCUT2D eigenvalue weighted by molar-refractivity contribution is -0.115. The number of anilines is 2. The van der Waals surface area contributed by atoms with Gasteiger partial charge in [0.15, 0.2) is 5.69 Å². The zero-order valence-corrected chi connectivity index (χ0v) is 15.6. The van der Waals surface area contributed by atoms with Crippen LogP contribution in [0.3, 0.4) is 0 Å². The van der Waals surface area contributed by atoms with Crippen molar-refractivity contribution < 1.29 is 4.79 Å². The van der Waals surface area contributed by atoms with Crippen molar-refractivity contribution in [1.82, 2.24) is 10.2 Å². The molecule has 1 saturated carbocycles. The third-order valence-corrected chi connectivity index (χ3v) is 5.52. The summed E-state index contributed by atoms with van der Waals surface area (Å²) in [4.78, 5) is 13.9. The number of aromatic nitrogens is 2. The third-order valence-electron chi connectivity index (χ3n) is 5.52. The van der Waals surface area contributed by atoms with Gasteiger partial charge in [-0.15, -0.1) is 10.2 Å². The maximum atomic E-state index is 11.6. The molecule has 0 bridgehead atoms. The predicted molar refractivity (Wildman–Crippen MR) is 108 cm³/mol. The van der Waals surface area contributed by atoms with Gasteiger partial charge in [-0.2, -0.15) is 5.26 Å². The maximum absolute atomic E-state index is 11.6. The SMILES string of the molecule is CCN(c1c(C#N)nnc2cc(-c3ccc4c(c3)CC(=O)N4)ccc12)C1CC1. The van der Waals surface area contributed by atoms with Crippen molar-refractivity contribution in [3.05, 3.63) is 47.7 Å². The van der Waals surface area contributed by atoms with Crippen LogP contribution < -0.4 is 10.2 Å². The number of nitrogens with zero attached hydrogens (tertiary/aromatic N) is 4. The summed E-state index contributed by atoms with van der Waals surface area (Å²) in [7, 11) is 0. The van der Waals surface area contributed by atoms with E-state index in [1.54, 1.807) is 0 Å². The molecule has 138 valence electrons. The largest absolute Gasteiger partial charge is 0.366 e. The molecule has 1 fully saturated rings. The van der Waals surface area contributed by atoms with Gasteiger partial charge in [0.25, 0.3) is 0 Å². The van der Waals surface area contributed by atoms with Crippen molar-refractivity contribution in [3.8, 4) is 17.2 Å². The summed E-state index contributed by atoms with van der Waals surface area (Å²) >= 11 is 0. The lowest BCUT2D eigenvalue weighted by atomic mass is 9.99. The Morgan fingerprint density at radius 1 is 1.18 bits per heavy atom. The van der Waals surface area contributed by atoms with Gasteiger partial charge >= 0.3 is 0 Å². The minimum absolute atomic E-state index is 0.0323. The van der Waals surface area contributed by atoms with Crippen LogP contribution in [0.1, 0.15) is 31.0 Å². The van der Waals surface area contributed by atoms with Gasteiger partial charge in [-0.25, -0.2) is 0 Å². The molecular weight excluding hydrogens is 350 g/mol. The highest BCUT2D eigenvalue weighted by Gasteiger charge is 2.31. The number of hydrogen-bond acceptors (Lipinski definition) is 5. The van der Waals surface area contributed by atoms with Gasteiger partial charge in [0.1, 0.15) is 6.07 Å². The van der Waals surface area contributed by atoms with Crippen LogP contribution in [0.15, 0.2) is 36.4 Å². The van der Waals surface area contributed by atoms with Crippen LogP contribution in [0.4, 0.5) is 11.4 Å². The minimum Gasteiger partial charge on any atom is -0.366 e. The number of nitrogens with one attached hydrogen (secondary N) is 1. The topological polar surface area (TPSA) is 81.9 Å². The Morgan fingerprint density at radius 3 is 2.71 bits per heavy atom. The van der Waals surface area contributed by atoms with Crippen molar-refractivity contribution in [2.45, 2.75) is 32.2 Å². The summed E-state index contributed by atoms with van der Waals surface area (Å²) in [5.41, 5.74) is 6.02. The van der Waals surface area contributed by atoms with E-state index in [0.29, 0.717) is 18.2 Å². The fourth-order valence-corrected chi connectivity index (χ4v) is 4.03. The van der Waals surface area contributed by atoms with Gasteiger partial charge in [0, 0.05) is 23.7 Å². The molecule has 0 atom stereocenters. The van der Waals surface area contributed by atoms with E-state index >= 15 is 0 Å². The van der Waals surface area contributed by atoms with E-state index in [0.717, 1.165) is 58.4 Å². The van der Waals surface area contributed by atoms with Crippen LogP contribution in [0.5, 0.6) is 0 Å². The Labute approximate surface area is 162 Å². The Kier molecular flexibility index (Phi) is 3.76. The Hall–Kier alpha value is -3.46. The molecule has 1 aromatic heterocycles. The molecule has 6 nitrogen and oxygen atoms in total. The first-order chi connectivity index (χ1) is 13.7. The molecule has 2 aromatic carbocycles. The summed E-state index contributed by atoms with van der Waals surface area (Å²) < 4.78 is 0. The average Bonchev–Trinajstić information content (AvgIpc) is 3.48. The molecule has 2 aliphatic rings. The van der Waals surface area contributed by atoms with Crippen molar-refractivity contribution in [3.63, 3.8) is 0 Å². The van der Waals surface area contributed by atoms with Crippen molar-refractivity contribution >= 4 is 28.2 Å². The molecule has 0 radical (unpaired) electrons. The van der Waals surface area contributed by atoms with E-state index in [2.05, 4.69) is 45.5 Å². The fraction of sp³-hybridized carbons (Fsp3) is 0.273. The van der Waals surface area contributed by atoms with Crippen LogP contribution in [0.2, 0.25) is 0 Å². The van der Waals surface area contributed by atoms with Crippen LogP contribution >= 0.6 is 0 Å². The molecule has 5 rings (SSSR count). The van der Waals surface area contributed by atoms with Crippen LogP contribution in [0.25, 0.3) is 22.0 Å². The summed E-state index contributed by atoms with van der Waals surface area (Å²) in [6.45, 7) is 2.95. The summed E-state index contributed by atoms with van der Waals surface area (Å²) in [5, 5.41) is 21.9. The van der Waals surface area contributed by atoms with E-state index in [-0.39, 0.29) is 5.91 Å². The standard InChI is InChI=1S/C22H19N5O/c1-2-27(16-5-6-16)22-17-7-3-14(10-19(17)25-26-20(22)12-23)13-4-8-18-15(9-13)11-21(28)24-18/h3-4,7-10,16H,2,5-6,11H2,1H3,(H,24,28). The van der Waals surface area contributed by atoms with Crippen LogP contribution in [-0.2, 0) is 11.2 Å². The normalized spacial score (nSPS) is 15.2. The Balaban J connectivity index is 1.62. The number of hydrogen-bond donors (Lipinski definition) is 1.